The molecule has 0 aliphatic heterocycles. The molecule has 1 aromatic carbocycles. The molecule has 0 aromatic heterocycles. The van der Waals surface area contributed by atoms with Crippen LogP contribution in [-0.2, 0) is 16.1 Å². The van der Waals surface area contributed by atoms with Crippen molar-refractivity contribution >= 4 is 17.5 Å². The van der Waals surface area contributed by atoms with E-state index in [0.29, 0.717) is 6.54 Å². The van der Waals surface area contributed by atoms with Gasteiger partial charge in [-0.25, -0.2) is 0 Å². The van der Waals surface area contributed by atoms with Crippen LogP contribution < -0.4 is 5.32 Å². The third-order valence-electron chi connectivity index (χ3n) is 7.11. The van der Waals surface area contributed by atoms with E-state index >= 15 is 0 Å². The van der Waals surface area contributed by atoms with Gasteiger partial charge < -0.3 is 10.2 Å². The number of carbonyl (C=O) groups excluding carboxylic acids is 2. The molecule has 4 aliphatic rings. The first-order valence-electron chi connectivity index (χ1n) is 10.5. The summed E-state index contributed by atoms with van der Waals surface area (Å²) in [7, 11) is 0. The van der Waals surface area contributed by atoms with Crippen LogP contribution in [0.3, 0.4) is 0 Å². The Morgan fingerprint density at radius 1 is 1.04 bits per heavy atom. The number of amides is 2. The zero-order valence-electron chi connectivity index (χ0n) is 16.8. The molecule has 4 aliphatic carbocycles. The predicted octanol–water partition coefficient (Wildman–Crippen LogP) is 4.60. The molecule has 1 aromatic rings. The molecule has 0 spiro atoms. The van der Waals surface area contributed by atoms with Crippen LogP contribution in [0.5, 0.6) is 0 Å². The van der Waals surface area contributed by atoms with E-state index in [1.807, 2.05) is 43.0 Å². The first kappa shape index (κ1) is 18.5. The summed E-state index contributed by atoms with van der Waals surface area (Å²) in [5.41, 5.74) is 1.85. The lowest BCUT2D eigenvalue weighted by atomic mass is 9.49. The second-order valence-electron chi connectivity index (χ2n) is 9.59. The summed E-state index contributed by atoms with van der Waals surface area (Å²) >= 11 is 0. The highest BCUT2D eigenvalue weighted by Gasteiger charge is 2.54. The molecule has 4 heteroatoms. The van der Waals surface area contributed by atoms with Gasteiger partial charge in [-0.1, -0.05) is 12.1 Å². The van der Waals surface area contributed by atoms with Crippen molar-refractivity contribution in [3.63, 3.8) is 0 Å². The molecule has 5 rings (SSSR count). The summed E-state index contributed by atoms with van der Waals surface area (Å²) in [6.07, 6.45) is 7.32. The van der Waals surface area contributed by atoms with E-state index in [1.165, 1.54) is 19.3 Å². The minimum Gasteiger partial charge on any atom is -0.336 e. The molecule has 4 bridgehead atoms. The largest absolute Gasteiger partial charge is 0.336 e. The molecule has 0 radical (unpaired) electrons. The highest BCUT2D eigenvalue weighted by atomic mass is 16.2. The van der Waals surface area contributed by atoms with Crippen LogP contribution in [0.1, 0.15) is 64.9 Å². The molecule has 4 saturated carbocycles. The zero-order chi connectivity index (χ0) is 19.2. The van der Waals surface area contributed by atoms with E-state index < -0.39 is 0 Å². The number of hydrogen-bond acceptors (Lipinski definition) is 2. The fourth-order valence-electron chi connectivity index (χ4n) is 6.20. The van der Waals surface area contributed by atoms with Crippen molar-refractivity contribution < 1.29 is 9.59 Å². The van der Waals surface area contributed by atoms with Crippen LogP contribution in [0.4, 0.5) is 5.69 Å². The molecule has 0 atom stereocenters. The van der Waals surface area contributed by atoms with E-state index in [0.717, 1.165) is 48.3 Å². The summed E-state index contributed by atoms with van der Waals surface area (Å²) in [5, 5.41) is 3.21. The molecule has 1 N–H and O–H groups in total. The van der Waals surface area contributed by atoms with Crippen molar-refractivity contribution in [2.45, 2.75) is 71.9 Å². The summed E-state index contributed by atoms with van der Waals surface area (Å²) in [6.45, 7) is 6.28. The van der Waals surface area contributed by atoms with Gasteiger partial charge >= 0.3 is 0 Å². The summed E-state index contributed by atoms with van der Waals surface area (Å²) in [6, 6.07) is 8.18. The van der Waals surface area contributed by atoms with Crippen LogP contribution in [0.25, 0.3) is 0 Å². The maximum atomic E-state index is 13.1. The van der Waals surface area contributed by atoms with Crippen molar-refractivity contribution in [1.82, 2.24) is 4.90 Å². The first-order chi connectivity index (χ1) is 12.8. The predicted molar refractivity (Wildman–Crippen MR) is 107 cm³/mol. The van der Waals surface area contributed by atoms with E-state index in [2.05, 4.69) is 5.32 Å². The number of benzene rings is 1. The van der Waals surface area contributed by atoms with E-state index in [-0.39, 0.29) is 23.3 Å². The van der Waals surface area contributed by atoms with Gasteiger partial charge in [0, 0.05) is 25.2 Å². The number of nitrogens with zero attached hydrogens (tertiary/aromatic N) is 1. The van der Waals surface area contributed by atoms with Gasteiger partial charge in [0.15, 0.2) is 0 Å². The Balaban J connectivity index is 1.41. The van der Waals surface area contributed by atoms with Gasteiger partial charge in [-0.15, -0.1) is 0 Å². The van der Waals surface area contributed by atoms with Gasteiger partial charge in [0.25, 0.3) is 0 Å². The highest BCUT2D eigenvalue weighted by molar-refractivity contribution is 5.95. The van der Waals surface area contributed by atoms with Crippen molar-refractivity contribution in [1.29, 1.82) is 0 Å². The maximum absolute atomic E-state index is 13.1. The van der Waals surface area contributed by atoms with Crippen molar-refractivity contribution in [3.8, 4) is 0 Å². The Labute approximate surface area is 162 Å². The molecule has 146 valence electrons. The third-order valence-corrected chi connectivity index (χ3v) is 7.11. The van der Waals surface area contributed by atoms with Gasteiger partial charge in [-0.05, 0) is 87.8 Å². The SMILES string of the molecule is CC(=O)N(Cc1ccc(NC(=O)C23CC4CC(CC(C4)C2)C3)cc1)C(C)C. The van der Waals surface area contributed by atoms with Crippen LogP contribution in [0.2, 0.25) is 0 Å². The molecular formula is C23H32N2O2. The second-order valence-corrected chi connectivity index (χ2v) is 9.59. The zero-order valence-corrected chi connectivity index (χ0v) is 16.8. The summed E-state index contributed by atoms with van der Waals surface area (Å²) < 4.78 is 0. The first-order valence-corrected chi connectivity index (χ1v) is 10.5. The Bertz CT molecular complexity index is 687. The van der Waals surface area contributed by atoms with E-state index in [1.54, 1.807) is 6.92 Å². The molecular weight excluding hydrogens is 336 g/mol. The number of carbonyl (C=O) groups is 2. The average Bonchev–Trinajstić information content (AvgIpc) is 2.59. The second kappa shape index (κ2) is 6.96. The molecule has 27 heavy (non-hydrogen) atoms. The van der Waals surface area contributed by atoms with Crippen LogP contribution in [0, 0.1) is 23.2 Å². The van der Waals surface area contributed by atoms with Crippen molar-refractivity contribution in [3.05, 3.63) is 29.8 Å². The lowest BCUT2D eigenvalue weighted by Crippen LogP contribution is -2.51. The monoisotopic (exact) mass is 368 g/mol. The number of rotatable bonds is 5. The number of anilines is 1. The number of nitrogens with one attached hydrogen (secondary N) is 1. The minimum atomic E-state index is -0.115. The van der Waals surface area contributed by atoms with Gasteiger partial charge in [0.05, 0.1) is 5.41 Å². The number of hydrogen-bond donors (Lipinski definition) is 1. The van der Waals surface area contributed by atoms with Gasteiger partial charge in [-0.3, -0.25) is 9.59 Å². The Morgan fingerprint density at radius 2 is 1.56 bits per heavy atom. The summed E-state index contributed by atoms with van der Waals surface area (Å²) in [5.74, 6) is 2.65. The molecule has 4 fully saturated rings. The maximum Gasteiger partial charge on any atom is 0.230 e. The standard InChI is InChI=1S/C23H32N2O2/c1-15(2)25(16(3)26)14-17-4-6-21(7-5-17)24-22(27)23-11-18-8-19(12-23)10-20(9-18)13-23/h4-7,15,18-20H,8-14H2,1-3H3,(H,24,27). The molecule has 0 unspecified atom stereocenters. The van der Waals surface area contributed by atoms with Gasteiger partial charge in [0.2, 0.25) is 11.8 Å². The quantitative estimate of drug-likeness (QED) is 0.826. The third kappa shape index (κ3) is 3.63. The molecule has 0 saturated heterocycles. The Kier molecular flexibility index (Phi) is 4.77. The van der Waals surface area contributed by atoms with Crippen molar-refractivity contribution in [2.24, 2.45) is 23.2 Å². The smallest absolute Gasteiger partial charge is 0.230 e. The molecule has 4 nitrogen and oxygen atoms in total. The fourth-order valence-corrected chi connectivity index (χ4v) is 6.20. The van der Waals surface area contributed by atoms with Crippen LogP contribution >= 0.6 is 0 Å². The van der Waals surface area contributed by atoms with Crippen LogP contribution in [-0.4, -0.2) is 22.8 Å². The lowest BCUT2D eigenvalue weighted by molar-refractivity contribution is -0.140. The van der Waals surface area contributed by atoms with E-state index in [4.69, 9.17) is 0 Å². The summed E-state index contributed by atoms with van der Waals surface area (Å²) in [4.78, 5) is 26.8. The minimum absolute atomic E-state index is 0.0872. The van der Waals surface area contributed by atoms with E-state index in [9.17, 15) is 9.59 Å². The van der Waals surface area contributed by atoms with Gasteiger partial charge in [-0.2, -0.15) is 0 Å². The normalized spacial score (nSPS) is 31.2. The lowest BCUT2D eigenvalue weighted by Gasteiger charge is -2.55. The van der Waals surface area contributed by atoms with Crippen molar-refractivity contribution in [2.75, 3.05) is 5.32 Å². The highest BCUT2D eigenvalue weighted by Crippen LogP contribution is 2.60. The molecule has 0 heterocycles. The van der Waals surface area contributed by atoms with Gasteiger partial charge in [0.1, 0.15) is 0 Å². The van der Waals surface area contributed by atoms with Crippen LogP contribution in [0.15, 0.2) is 24.3 Å². The fraction of sp³-hybridized carbons (Fsp3) is 0.652. The Morgan fingerprint density at radius 3 is 2.00 bits per heavy atom. The average molecular weight is 369 g/mol. The topological polar surface area (TPSA) is 49.4 Å². The Hall–Kier alpha value is -1.84. The molecule has 2 amide bonds.